The van der Waals surface area contributed by atoms with Gasteiger partial charge in [0.1, 0.15) is 12.1 Å². The summed E-state index contributed by atoms with van der Waals surface area (Å²) >= 11 is 0. The molecule has 7 nitrogen and oxygen atoms in total. The minimum absolute atomic E-state index is 0.0201. The molecule has 1 aromatic heterocycles. The molecule has 6 rings (SSSR count). The van der Waals surface area contributed by atoms with Crippen molar-refractivity contribution in [1.29, 1.82) is 0 Å². The number of halogens is 1. The lowest BCUT2D eigenvalue weighted by Crippen LogP contribution is -2.46. The molecule has 1 unspecified atom stereocenters. The Morgan fingerprint density at radius 2 is 1.78 bits per heavy atom. The standard InChI is InChI=1S/C33H42FN5O2/c1-23-31(24(2)36-22-35-23)32(41)39-20-26-18-37(19-27(26)21-39)13-10-33(28-8-5-9-29(34)17-28)11-14-38(15-12-33)30(40)16-25-6-3-4-7-25/h5,8-9,17,20,22,25,27H,3-4,6-7,10-16,18-19,21H2,1-2H3. The van der Waals surface area contributed by atoms with E-state index in [2.05, 4.69) is 25.8 Å². The first-order chi connectivity index (χ1) is 19.8. The molecule has 0 bridgehead atoms. The van der Waals surface area contributed by atoms with Crippen molar-refractivity contribution in [2.45, 2.75) is 70.6 Å². The Morgan fingerprint density at radius 3 is 2.46 bits per heavy atom. The maximum absolute atomic E-state index is 14.4. The zero-order valence-corrected chi connectivity index (χ0v) is 24.4. The van der Waals surface area contributed by atoms with Crippen LogP contribution in [0.3, 0.4) is 0 Å². The topological polar surface area (TPSA) is 69.6 Å². The van der Waals surface area contributed by atoms with E-state index in [1.807, 2.05) is 31.0 Å². The van der Waals surface area contributed by atoms with E-state index in [1.54, 1.807) is 6.07 Å². The lowest BCUT2D eigenvalue weighted by atomic mass is 9.70. The molecule has 1 saturated carbocycles. The van der Waals surface area contributed by atoms with Crippen molar-refractivity contribution in [2.24, 2.45) is 11.8 Å². The molecule has 41 heavy (non-hydrogen) atoms. The number of amides is 2. The third-order valence-corrected chi connectivity index (χ3v) is 10.2. The third kappa shape index (κ3) is 5.81. The van der Waals surface area contributed by atoms with E-state index in [1.165, 1.54) is 43.7 Å². The zero-order chi connectivity index (χ0) is 28.6. The molecule has 218 valence electrons. The Hall–Kier alpha value is -3.13. The van der Waals surface area contributed by atoms with Gasteiger partial charge >= 0.3 is 0 Å². The van der Waals surface area contributed by atoms with Crippen LogP contribution in [-0.2, 0) is 10.2 Å². The Balaban J connectivity index is 1.10. The number of piperidine rings is 1. The van der Waals surface area contributed by atoms with E-state index < -0.39 is 0 Å². The van der Waals surface area contributed by atoms with Gasteiger partial charge in [0.2, 0.25) is 5.91 Å². The molecular formula is C33H42FN5O2. The molecule has 4 aliphatic rings. The monoisotopic (exact) mass is 559 g/mol. The van der Waals surface area contributed by atoms with Crippen LogP contribution in [-0.4, -0.2) is 75.8 Å². The second-order valence-corrected chi connectivity index (χ2v) is 12.8. The Morgan fingerprint density at radius 1 is 1.05 bits per heavy atom. The summed E-state index contributed by atoms with van der Waals surface area (Å²) in [7, 11) is 0. The first kappa shape index (κ1) is 28.0. The van der Waals surface area contributed by atoms with E-state index in [0.717, 1.165) is 57.5 Å². The number of likely N-dealkylation sites (tertiary alicyclic amines) is 2. The molecular weight excluding hydrogens is 517 g/mol. The number of nitrogens with zero attached hydrogens (tertiary/aromatic N) is 5. The van der Waals surface area contributed by atoms with Gasteiger partial charge in [-0.3, -0.25) is 14.5 Å². The highest BCUT2D eigenvalue weighted by Gasteiger charge is 2.40. The molecule has 0 N–H and O–H groups in total. The van der Waals surface area contributed by atoms with Crippen molar-refractivity contribution < 1.29 is 14.0 Å². The summed E-state index contributed by atoms with van der Waals surface area (Å²) in [6.45, 7) is 8.58. The molecule has 0 radical (unpaired) electrons. The molecule has 0 spiro atoms. The van der Waals surface area contributed by atoms with Crippen LogP contribution in [0.25, 0.3) is 0 Å². The number of fused-ring (bicyclic) bond motifs is 1. The summed E-state index contributed by atoms with van der Waals surface area (Å²) in [5.41, 5.74) is 4.26. The fraction of sp³-hybridized carbons (Fsp3) is 0.576. The third-order valence-electron chi connectivity index (χ3n) is 10.2. The van der Waals surface area contributed by atoms with Gasteiger partial charge in [0.15, 0.2) is 0 Å². The van der Waals surface area contributed by atoms with Gasteiger partial charge in [-0.25, -0.2) is 14.4 Å². The number of rotatable bonds is 7. The molecule has 2 saturated heterocycles. The van der Waals surface area contributed by atoms with Gasteiger partial charge in [0.25, 0.3) is 5.91 Å². The summed E-state index contributed by atoms with van der Waals surface area (Å²) in [6.07, 6.45) is 11.8. The van der Waals surface area contributed by atoms with Gasteiger partial charge in [-0.15, -0.1) is 0 Å². The van der Waals surface area contributed by atoms with Crippen LogP contribution in [0.4, 0.5) is 4.39 Å². The molecule has 1 aliphatic carbocycles. The zero-order valence-electron chi connectivity index (χ0n) is 24.4. The first-order valence-electron chi connectivity index (χ1n) is 15.4. The molecule has 1 aromatic carbocycles. The number of aromatic nitrogens is 2. The molecule has 3 fully saturated rings. The molecule has 2 amide bonds. The Kier molecular flexibility index (Phi) is 7.94. The van der Waals surface area contributed by atoms with Gasteiger partial charge in [-0.1, -0.05) is 25.0 Å². The van der Waals surface area contributed by atoms with Gasteiger partial charge < -0.3 is 9.80 Å². The highest BCUT2D eigenvalue weighted by atomic mass is 19.1. The van der Waals surface area contributed by atoms with Gasteiger partial charge in [-0.05, 0) is 87.1 Å². The summed E-state index contributed by atoms with van der Waals surface area (Å²) in [4.78, 5) is 41.2. The van der Waals surface area contributed by atoms with Crippen molar-refractivity contribution in [3.63, 3.8) is 0 Å². The van der Waals surface area contributed by atoms with Crippen molar-refractivity contribution in [2.75, 3.05) is 39.3 Å². The second kappa shape index (κ2) is 11.6. The minimum atomic E-state index is -0.193. The molecule has 2 aromatic rings. The number of hydrogen-bond acceptors (Lipinski definition) is 5. The smallest absolute Gasteiger partial charge is 0.261 e. The highest BCUT2D eigenvalue weighted by Crippen LogP contribution is 2.41. The molecule has 4 heterocycles. The number of benzene rings is 1. The summed E-state index contributed by atoms with van der Waals surface area (Å²) in [5, 5.41) is 0. The van der Waals surface area contributed by atoms with Crippen LogP contribution in [0.5, 0.6) is 0 Å². The average molecular weight is 560 g/mol. The maximum Gasteiger partial charge on any atom is 0.261 e. The maximum atomic E-state index is 14.4. The Labute approximate surface area is 242 Å². The van der Waals surface area contributed by atoms with E-state index in [-0.39, 0.29) is 17.1 Å². The van der Waals surface area contributed by atoms with Crippen molar-refractivity contribution in [3.8, 4) is 0 Å². The van der Waals surface area contributed by atoms with Crippen LogP contribution in [0, 0.1) is 31.5 Å². The van der Waals surface area contributed by atoms with Crippen LogP contribution in [0.2, 0.25) is 0 Å². The van der Waals surface area contributed by atoms with Crippen LogP contribution < -0.4 is 0 Å². The number of carbonyl (C=O) groups excluding carboxylic acids is 2. The minimum Gasteiger partial charge on any atom is -0.343 e. The normalized spacial score (nSPS) is 22.7. The van der Waals surface area contributed by atoms with Crippen molar-refractivity contribution in [1.82, 2.24) is 24.7 Å². The fourth-order valence-corrected chi connectivity index (χ4v) is 7.70. The molecule has 3 aliphatic heterocycles. The summed E-state index contributed by atoms with van der Waals surface area (Å²) < 4.78 is 14.4. The van der Waals surface area contributed by atoms with E-state index >= 15 is 0 Å². The molecule has 8 heteroatoms. The van der Waals surface area contributed by atoms with Crippen LogP contribution in [0.15, 0.2) is 42.4 Å². The van der Waals surface area contributed by atoms with Crippen molar-refractivity contribution >= 4 is 11.8 Å². The first-order valence-corrected chi connectivity index (χ1v) is 15.4. The molecule has 1 atom stereocenters. The van der Waals surface area contributed by atoms with E-state index in [9.17, 15) is 14.0 Å². The highest BCUT2D eigenvalue weighted by molar-refractivity contribution is 5.97. The average Bonchev–Trinajstić information content (AvgIpc) is 3.69. The lowest BCUT2D eigenvalue weighted by Gasteiger charge is -2.43. The summed E-state index contributed by atoms with van der Waals surface area (Å²) in [5.74, 6) is 0.983. The second-order valence-electron chi connectivity index (χ2n) is 12.8. The lowest BCUT2D eigenvalue weighted by molar-refractivity contribution is -0.133. The largest absolute Gasteiger partial charge is 0.343 e. The predicted octanol–water partition coefficient (Wildman–Crippen LogP) is 5.03. The SMILES string of the molecule is Cc1ncnc(C)c1C(=O)N1C=C2CN(CCC3(c4cccc(F)c4)CCN(C(=O)CC4CCCC4)CC3)CC2C1. The number of carbonyl (C=O) groups is 2. The van der Waals surface area contributed by atoms with E-state index in [4.69, 9.17) is 0 Å². The number of hydrogen-bond donors (Lipinski definition) is 0. The van der Waals surface area contributed by atoms with Gasteiger partial charge in [0, 0.05) is 51.3 Å². The van der Waals surface area contributed by atoms with E-state index in [0.29, 0.717) is 47.7 Å². The van der Waals surface area contributed by atoms with Crippen LogP contribution >= 0.6 is 0 Å². The summed E-state index contributed by atoms with van der Waals surface area (Å²) in [6, 6.07) is 7.12. The number of aryl methyl sites for hydroxylation is 2. The quantitative estimate of drug-likeness (QED) is 0.476. The van der Waals surface area contributed by atoms with Gasteiger partial charge in [0.05, 0.1) is 17.0 Å². The predicted molar refractivity (Wildman–Crippen MR) is 156 cm³/mol. The van der Waals surface area contributed by atoms with Crippen molar-refractivity contribution in [3.05, 3.63) is 70.7 Å². The fourth-order valence-electron chi connectivity index (χ4n) is 7.70. The van der Waals surface area contributed by atoms with Crippen LogP contribution in [0.1, 0.15) is 78.7 Å². The van der Waals surface area contributed by atoms with Gasteiger partial charge in [-0.2, -0.15) is 0 Å². The Bertz CT molecular complexity index is 1310.